The molecule has 0 aliphatic carbocycles. The number of thiazole rings is 1. The lowest BCUT2D eigenvalue weighted by Crippen LogP contribution is -3.00. The van der Waals surface area contributed by atoms with Gasteiger partial charge in [-0.3, -0.25) is 10.1 Å². The highest BCUT2D eigenvalue weighted by molar-refractivity contribution is 8.03. The number of non-ortho nitro benzene ring substituents is 1. The summed E-state index contributed by atoms with van der Waals surface area (Å²) in [6.07, 6.45) is 6.30. The number of hydrogen-bond acceptors (Lipinski definition) is 5. The van der Waals surface area contributed by atoms with Gasteiger partial charge >= 0.3 is 0 Å². The predicted molar refractivity (Wildman–Crippen MR) is 109 cm³/mol. The van der Waals surface area contributed by atoms with E-state index in [1.165, 1.54) is 15.6 Å². The fraction of sp³-hybridized carbons (Fsp3) is 0.316. The number of aryl methyl sites for hydroxylation is 1. The van der Waals surface area contributed by atoms with E-state index in [1.54, 1.807) is 35.2 Å². The number of halogens is 1. The molecular formula is C19H22IN3O2S2. The van der Waals surface area contributed by atoms with E-state index in [0.29, 0.717) is 0 Å². The minimum atomic E-state index is -0.342. The smallest absolute Gasteiger partial charge is 0.271 e. The van der Waals surface area contributed by atoms with Gasteiger partial charge in [-0.15, -0.1) is 0 Å². The summed E-state index contributed by atoms with van der Waals surface area (Å²) in [4.78, 5) is 15.2. The number of nitrogens with zero attached hydrogens (tertiary/aromatic N) is 3. The molecule has 3 rings (SSSR count). The normalized spacial score (nSPS) is 14.7. The molecule has 2 aromatic rings. The standard InChI is InChI=1S/C19H22N3O2S2.HI/c1-5-20-13(3)14(4)25-18(20)8-7-9-19-21(6-2)16-12-15(22(23)24)10-11-17(16)26-19;/h7-12H,5-6H2,1-4H3;1H/q+1;/p-1. The molecule has 0 fully saturated rings. The first-order valence-electron chi connectivity index (χ1n) is 8.58. The first kappa shape index (κ1) is 21.9. The number of nitro benzene ring substituents is 1. The molecule has 1 aromatic carbocycles. The maximum absolute atomic E-state index is 11.0. The Kier molecular flexibility index (Phi) is 7.47. The maximum Gasteiger partial charge on any atom is 0.271 e. The van der Waals surface area contributed by atoms with Crippen molar-refractivity contribution in [3.05, 3.63) is 61.1 Å². The third-order valence-electron chi connectivity index (χ3n) is 4.47. The summed E-state index contributed by atoms with van der Waals surface area (Å²) in [7, 11) is 0. The van der Waals surface area contributed by atoms with E-state index >= 15 is 0 Å². The number of thioether (sulfide) groups is 1. The molecule has 0 atom stereocenters. The molecule has 0 spiro atoms. The molecule has 1 aliphatic rings. The molecule has 8 heteroatoms. The van der Waals surface area contributed by atoms with Gasteiger partial charge in [0.25, 0.3) is 10.7 Å². The van der Waals surface area contributed by atoms with Crippen LogP contribution in [0.25, 0.3) is 6.08 Å². The number of allylic oxidation sites excluding steroid dienone is 2. The van der Waals surface area contributed by atoms with Crippen molar-refractivity contribution >= 4 is 40.5 Å². The van der Waals surface area contributed by atoms with Crippen LogP contribution in [0.5, 0.6) is 0 Å². The van der Waals surface area contributed by atoms with Gasteiger partial charge in [0, 0.05) is 36.6 Å². The zero-order valence-corrected chi connectivity index (χ0v) is 19.5. The van der Waals surface area contributed by atoms with Crippen LogP contribution in [0.2, 0.25) is 0 Å². The lowest BCUT2D eigenvalue weighted by atomic mass is 10.2. The van der Waals surface area contributed by atoms with Gasteiger partial charge in [0.1, 0.15) is 6.54 Å². The van der Waals surface area contributed by atoms with Crippen LogP contribution in [0, 0.1) is 24.0 Å². The predicted octanol–water partition coefficient (Wildman–Crippen LogP) is 2.07. The van der Waals surface area contributed by atoms with Crippen LogP contribution in [-0.2, 0) is 6.54 Å². The quantitative estimate of drug-likeness (QED) is 0.265. The lowest BCUT2D eigenvalue weighted by Gasteiger charge is -2.17. The van der Waals surface area contributed by atoms with Gasteiger partial charge in [0.2, 0.25) is 0 Å². The zero-order valence-electron chi connectivity index (χ0n) is 15.7. The minimum Gasteiger partial charge on any atom is -1.00 e. The summed E-state index contributed by atoms with van der Waals surface area (Å²) >= 11 is 3.45. The van der Waals surface area contributed by atoms with Crippen molar-refractivity contribution in [2.24, 2.45) is 0 Å². The maximum atomic E-state index is 11.0. The van der Waals surface area contributed by atoms with Gasteiger partial charge in [-0.1, -0.05) is 29.2 Å². The molecule has 27 heavy (non-hydrogen) atoms. The molecule has 2 heterocycles. The van der Waals surface area contributed by atoms with E-state index < -0.39 is 0 Å². The van der Waals surface area contributed by atoms with Crippen molar-refractivity contribution in [2.45, 2.75) is 39.1 Å². The number of fused-ring (bicyclic) bond motifs is 1. The molecule has 144 valence electrons. The third-order valence-corrected chi connectivity index (χ3v) is 6.77. The number of benzene rings is 1. The Morgan fingerprint density at radius 2 is 2.04 bits per heavy atom. The summed E-state index contributed by atoms with van der Waals surface area (Å²) < 4.78 is 2.31. The van der Waals surface area contributed by atoms with Crippen molar-refractivity contribution in [2.75, 3.05) is 11.4 Å². The summed E-state index contributed by atoms with van der Waals surface area (Å²) in [6.45, 7) is 10.2. The number of anilines is 1. The van der Waals surface area contributed by atoms with Crippen LogP contribution in [0.15, 0.2) is 40.3 Å². The van der Waals surface area contributed by atoms with Crippen molar-refractivity contribution in [1.29, 1.82) is 0 Å². The molecule has 0 unspecified atom stereocenters. The van der Waals surface area contributed by atoms with E-state index in [1.807, 2.05) is 6.07 Å². The average molecular weight is 515 g/mol. The SMILES string of the molecule is CCN1C(=CC=Cc2sc(C)c(C)[n+]2CC)Sc2ccc([N+](=O)[O-])cc21.[I-]. The molecule has 5 nitrogen and oxygen atoms in total. The average Bonchev–Trinajstić information content (AvgIpc) is 3.10. The topological polar surface area (TPSA) is 50.3 Å². The van der Waals surface area contributed by atoms with Crippen LogP contribution in [-0.4, -0.2) is 11.5 Å². The highest BCUT2D eigenvalue weighted by atomic mass is 127. The van der Waals surface area contributed by atoms with Crippen LogP contribution >= 0.6 is 23.1 Å². The Hall–Kier alpha value is -1.39. The van der Waals surface area contributed by atoms with Crippen molar-refractivity contribution in [3.8, 4) is 0 Å². The summed E-state index contributed by atoms with van der Waals surface area (Å²) in [5, 5.41) is 13.4. The summed E-state index contributed by atoms with van der Waals surface area (Å²) in [6, 6.07) is 5.07. The van der Waals surface area contributed by atoms with Gasteiger partial charge < -0.3 is 28.9 Å². The third kappa shape index (κ3) is 4.38. The largest absolute Gasteiger partial charge is 1.00 e. The van der Waals surface area contributed by atoms with Gasteiger partial charge in [-0.2, -0.15) is 4.57 Å². The van der Waals surface area contributed by atoms with Crippen molar-refractivity contribution < 1.29 is 33.5 Å². The van der Waals surface area contributed by atoms with E-state index in [-0.39, 0.29) is 34.6 Å². The molecule has 1 aliphatic heterocycles. The number of hydrogen-bond donors (Lipinski definition) is 0. The monoisotopic (exact) mass is 515 g/mol. The fourth-order valence-corrected chi connectivity index (χ4v) is 5.24. The van der Waals surface area contributed by atoms with Crippen LogP contribution < -0.4 is 33.4 Å². The summed E-state index contributed by atoms with van der Waals surface area (Å²) in [5.41, 5.74) is 2.36. The van der Waals surface area contributed by atoms with E-state index in [2.05, 4.69) is 55.4 Å². The van der Waals surface area contributed by atoms with Gasteiger partial charge in [-0.05, 0) is 32.9 Å². The van der Waals surface area contributed by atoms with Crippen LogP contribution in [0.4, 0.5) is 11.4 Å². The Morgan fingerprint density at radius 3 is 2.67 bits per heavy atom. The second-order valence-electron chi connectivity index (χ2n) is 5.95. The Bertz CT molecular complexity index is 922. The first-order valence-corrected chi connectivity index (χ1v) is 10.2. The van der Waals surface area contributed by atoms with Crippen LogP contribution in [0.3, 0.4) is 0 Å². The minimum absolute atomic E-state index is 0. The van der Waals surface area contributed by atoms with Crippen molar-refractivity contribution in [3.63, 3.8) is 0 Å². The lowest BCUT2D eigenvalue weighted by molar-refractivity contribution is -0.696. The van der Waals surface area contributed by atoms with Gasteiger partial charge in [0.15, 0.2) is 5.69 Å². The first-order chi connectivity index (χ1) is 12.5. The summed E-state index contributed by atoms with van der Waals surface area (Å²) in [5.74, 6) is 0. The molecule has 0 amide bonds. The molecule has 0 N–H and O–H groups in total. The highest BCUT2D eigenvalue weighted by Gasteiger charge is 2.25. The van der Waals surface area contributed by atoms with E-state index in [0.717, 1.165) is 28.7 Å². The molecular weight excluding hydrogens is 493 g/mol. The van der Waals surface area contributed by atoms with E-state index in [4.69, 9.17) is 0 Å². The Morgan fingerprint density at radius 1 is 1.30 bits per heavy atom. The second-order valence-corrected chi connectivity index (χ2v) is 8.24. The Labute approximate surface area is 185 Å². The van der Waals surface area contributed by atoms with Crippen LogP contribution in [0.1, 0.15) is 29.4 Å². The molecule has 0 saturated carbocycles. The van der Waals surface area contributed by atoms with Gasteiger partial charge in [-0.25, -0.2) is 0 Å². The molecule has 0 bridgehead atoms. The highest BCUT2D eigenvalue weighted by Crippen LogP contribution is 2.47. The molecule has 1 aromatic heterocycles. The fourth-order valence-electron chi connectivity index (χ4n) is 3.02. The Balaban J connectivity index is 0.00000261. The number of aromatic nitrogens is 1. The van der Waals surface area contributed by atoms with Gasteiger partial charge in [0.05, 0.1) is 20.5 Å². The van der Waals surface area contributed by atoms with E-state index in [9.17, 15) is 10.1 Å². The molecule has 0 saturated heterocycles. The second kappa shape index (κ2) is 9.20. The van der Waals surface area contributed by atoms with Crippen molar-refractivity contribution in [1.82, 2.24) is 0 Å². The number of nitro groups is 1. The zero-order chi connectivity index (χ0) is 18.8. The number of rotatable bonds is 5. The molecule has 0 radical (unpaired) electrons.